The minimum absolute atomic E-state index is 0.145. The Labute approximate surface area is 74.3 Å². The van der Waals surface area contributed by atoms with Crippen LogP contribution in [0.25, 0.3) is 0 Å². The van der Waals surface area contributed by atoms with Crippen molar-refractivity contribution in [3.05, 3.63) is 12.7 Å². The van der Waals surface area contributed by atoms with E-state index in [1.165, 1.54) is 0 Å². The zero-order valence-electron chi connectivity index (χ0n) is 7.99. The van der Waals surface area contributed by atoms with Gasteiger partial charge in [0.1, 0.15) is 6.34 Å². The van der Waals surface area contributed by atoms with Crippen molar-refractivity contribution in [3.63, 3.8) is 0 Å². The van der Waals surface area contributed by atoms with Crippen LogP contribution in [0.5, 0.6) is 0 Å². The van der Waals surface area contributed by atoms with E-state index >= 15 is 0 Å². The van der Waals surface area contributed by atoms with Crippen molar-refractivity contribution in [2.75, 3.05) is 0 Å². The molecule has 0 saturated heterocycles. The average molecular weight is 167 g/mol. The maximum Gasteiger partial charge on any atom is 0.104 e. The summed E-state index contributed by atoms with van der Waals surface area (Å²) in [5, 5.41) is 3.92. The second-order valence-corrected chi connectivity index (χ2v) is 2.91. The van der Waals surface area contributed by atoms with Crippen molar-refractivity contribution in [2.24, 2.45) is 16.0 Å². The van der Waals surface area contributed by atoms with Crippen LogP contribution in [-0.4, -0.2) is 18.6 Å². The standard InChI is InChI=1S/C9H17N3/c1-5-9(4)10-7-12-11-6-8(2)3/h5-9H,1H2,2-4H3,(H,10,12)/b11-6+. The third-order valence-corrected chi connectivity index (χ3v) is 1.16. The van der Waals surface area contributed by atoms with Crippen LogP contribution >= 0.6 is 0 Å². The van der Waals surface area contributed by atoms with Gasteiger partial charge in [-0.15, -0.1) is 6.58 Å². The number of hydrogen-bond donors (Lipinski definition) is 1. The van der Waals surface area contributed by atoms with E-state index in [4.69, 9.17) is 0 Å². The lowest BCUT2D eigenvalue weighted by molar-refractivity contribution is 0.878. The highest BCUT2D eigenvalue weighted by molar-refractivity contribution is 5.62. The molecule has 1 atom stereocenters. The molecule has 12 heavy (non-hydrogen) atoms. The van der Waals surface area contributed by atoms with Crippen molar-refractivity contribution in [1.82, 2.24) is 5.43 Å². The van der Waals surface area contributed by atoms with Crippen LogP contribution in [0.4, 0.5) is 0 Å². The number of hydrazone groups is 1. The molecule has 0 spiro atoms. The Bertz CT molecular complexity index is 171. The smallest absolute Gasteiger partial charge is 0.104 e. The first-order valence-corrected chi connectivity index (χ1v) is 4.09. The highest BCUT2D eigenvalue weighted by Crippen LogP contribution is 1.86. The number of aliphatic imine (C=N–C) groups is 1. The summed E-state index contributed by atoms with van der Waals surface area (Å²) >= 11 is 0. The average Bonchev–Trinajstić information content (AvgIpc) is 2.03. The fourth-order valence-electron chi connectivity index (χ4n) is 0.437. The molecule has 0 bridgehead atoms. The lowest BCUT2D eigenvalue weighted by Gasteiger charge is -1.96. The van der Waals surface area contributed by atoms with E-state index in [0.29, 0.717) is 5.92 Å². The third kappa shape index (κ3) is 6.99. The Morgan fingerprint density at radius 3 is 2.50 bits per heavy atom. The summed E-state index contributed by atoms with van der Waals surface area (Å²) in [5.74, 6) is 0.461. The quantitative estimate of drug-likeness (QED) is 0.288. The zero-order chi connectivity index (χ0) is 9.40. The van der Waals surface area contributed by atoms with Gasteiger partial charge < -0.3 is 0 Å². The minimum Gasteiger partial charge on any atom is -0.268 e. The van der Waals surface area contributed by atoms with Gasteiger partial charge in [-0.25, -0.2) is 0 Å². The highest BCUT2D eigenvalue weighted by Gasteiger charge is 1.85. The molecule has 0 aliphatic carbocycles. The van der Waals surface area contributed by atoms with E-state index in [0.717, 1.165) is 0 Å². The van der Waals surface area contributed by atoms with Crippen LogP contribution in [0, 0.1) is 5.92 Å². The summed E-state index contributed by atoms with van der Waals surface area (Å²) in [5.41, 5.74) is 2.71. The van der Waals surface area contributed by atoms with Crippen LogP contribution in [0.3, 0.4) is 0 Å². The molecule has 0 saturated carbocycles. The fourth-order valence-corrected chi connectivity index (χ4v) is 0.437. The van der Waals surface area contributed by atoms with Crippen LogP contribution in [-0.2, 0) is 0 Å². The van der Waals surface area contributed by atoms with Crippen molar-refractivity contribution < 1.29 is 0 Å². The molecule has 1 N–H and O–H groups in total. The zero-order valence-corrected chi connectivity index (χ0v) is 7.99. The Hall–Kier alpha value is -1.12. The largest absolute Gasteiger partial charge is 0.268 e. The van der Waals surface area contributed by atoms with Gasteiger partial charge in [-0.1, -0.05) is 19.9 Å². The van der Waals surface area contributed by atoms with Crippen molar-refractivity contribution in [3.8, 4) is 0 Å². The van der Waals surface area contributed by atoms with Gasteiger partial charge >= 0.3 is 0 Å². The third-order valence-electron chi connectivity index (χ3n) is 1.16. The second kappa shape index (κ2) is 6.58. The van der Waals surface area contributed by atoms with Gasteiger partial charge in [0.05, 0.1) is 6.04 Å². The Morgan fingerprint density at radius 1 is 1.33 bits per heavy atom. The Kier molecular flexibility index (Phi) is 5.97. The molecule has 0 aromatic rings. The maximum atomic E-state index is 4.07. The molecule has 3 nitrogen and oxygen atoms in total. The lowest BCUT2D eigenvalue weighted by atomic mass is 10.3. The predicted molar refractivity (Wildman–Crippen MR) is 54.6 cm³/mol. The summed E-state index contributed by atoms with van der Waals surface area (Å²) in [4.78, 5) is 4.07. The van der Waals surface area contributed by atoms with Crippen LogP contribution in [0.1, 0.15) is 20.8 Å². The number of nitrogens with zero attached hydrogens (tertiary/aromatic N) is 2. The molecule has 68 valence electrons. The molecule has 0 aromatic carbocycles. The first kappa shape index (κ1) is 10.9. The Balaban J connectivity index is 3.54. The molecular formula is C9H17N3. The lowest BCUT2D eigenvalue weighted by Crippen LogP contribution is -2.05. The second-order valence-electron chi connectivity index (χ2n) is 2.91. The number of nitrogens with one attached hydrogen (secondary N) is 1. The molecule has 0 rings (SSSR count). The predicted octanol–water partition coefficient (Wildman–Crippen LogP) is 1.82. The van der Waals surface area contributed by atoms with Gasteiger partial charge in [0.15, 0.2) is 0 Å². The SMILES string of the molecule is C=CC(C)N=CN/N=C/C(C)C. The summed E-state index contributed by atoms with van der Waals surface area (Å²) in [6, 6.07) is 0.145. The van der Waals surface area contributed by atoms with Crippen molar-refractivity contribution in [1.29, 1.82) is 0 Å². The van der Waals surface area contributed by atoms with Gasteiger partial charge in [-0.05, 0) is 12.8 Å². The van der Waals surface area contributed by atoms with E-state index < -0.39 is 0 Å². The van der Waals surface area contributed by atoms with Crippen molar-refractivity contribution in [2.45, 2.75) is 26.8 Å². The van der Waals surface area contributed by atoms with Crippen LogP contribution in [0.15, 0.2) is 22.7 Å². The molecule has 0 fully saturated rings. The molecule has 3 heteroatoms. The Morgan fingerprint density at radius 2 is 2.00 bits per heavy atom. The normalized spacial score (nSPS) is 14.3. The summed E-state index contributed by atoms with van der Waals surface area (Å²) in [7, 11) is 0. The summed E-state index contributed by atoms with van der Waals surface area (Å²) < 4.78 is 0. The molecule has 0 aromatic heterocycles. The molecule has 0 heterocycles. The van der Waals surface area contributed by atoms with Gasteiger partial charge in [-0.3, -0.25) is 10.4 Å². The molecular weight excluding hydrogens is 150 g/mol. The summed E-state index contributed by atoms with van der Waals surface area (Å²) in [6.45, 7) is 9.69. The number of rotatable bonds is 5. The van der Waals surface area contributed by atoms with Gasteiger partial charge in [-0.2, -0.15) is 5.10 Å². The van der Waals surface area contributed by atoms with Crippen LogP contribution < -0.4 is 5.43 Å². The van der Waals surface area contributed by atoms with E-state index in [-0.39, 0.29) is 6.04 Å². The highest BCUT2D eigenvalue weighted by atomic mass is 15.3. The summed E-state index contributed by atoms with van der Waals surface area (Å²) in [6.07, 6.45) is 5.17. The van der Waals surface area contributed by atoms with Gasteiger partial charge in [0, 0.05) is 6.21 Å². The van der Waals surface area contributed by atoms with E-state index in [1.807, 2.05) is 13.1 Å². The molecule has 0 aliphatic rings. The van der Waals surface area contributed by atoms with E-state index in [9.17, 15) is 0 Å². The minimum atomic E-state index is 0.145. The first-order valence-electron chi connectivity index (χ1n) is 4.09. The van der Waals surface area contributed by atoms with E-state index in [2.05, 4.69) is 35.9 Å². The first-order chi connectivity index (χ1) is 5.66. The van der Waals surface area contributed by atoms with Gasteiger partial charge in [0.2, 0.25) is 0 Å². The topological polar surface area (TPSA) is 36.8 Å². The molecule has 0 radical (unpaired) electrons. The number of hydrogen-bond acceptors (Lipinski definition) is 2. The molecule has 0 amide bonds. The van der Waals surface area contributed by atoms with Gasteiger partial charge in [0.25, 0.3) is 0 Å². The monoisotopic (exact) mass is 167 g/mol. The molecule has 1 unspecified atom stereocenters. The van der Waals surface area contributed by atoms with E-state index in [1.54, 1.807) is 12.4 Å². The molecule has 0 aliphatic heterocycles. The fraction of sp³-hybridized carbons (Fsp3) is 0.556. The van der Waals surface area contributed by atoms with Crippen LogP contribution in [0.2, 0.25) is 0 Å². The maximum absolute atomic E-state index is 4.07. The van der Waals surface area contributed by atoms with Crippen molar-refractivity contribution >= 4 is 12.6 Å².